The van der Waals surface area contributed by atoms with Crippen LogP contribution in [0.25, 0.3) is 5.57 Å². The summed E-state index contributed by atoms with van der Waals surface area (Å²) >= 11 is 0. The molecule has 1 aromatic carbocycles. The molecular weight excluding hydrogens is 276 g/mol. The number of allylic oxidation sites excluding steroid dienone is 1. The van der Waals surface area contributed by atoms with Gasteiger partial charge in [0.25, 0.3) is 0 Å². The van der Waals surface area contributed by atoms with Gasteiger partial charge in [-0.2, -0.15) is 0 Å². The summed E-state index contributed by atoms with van der Waals surface area (Å²) in [7, 11) is 0. The summed E-state index contributed by atoms with van der Waals surface area (Å²) in [5, 5.41) is 2.66. The molecule has 120 valence electrons. The molecule has 0 atom stereocenters. The first-order valence-corrected chi connectivity index (χ1v) is 7.58. The fourth-order valence-corrected chi connectivity index (χ4v) is 2.09. The standard InChI is InChI=1S/C18H26N2O2/c1-6-19-16(21)12-17(22)20(18(3,4)5)13-14(2)15-10-8-7-9-11-15/h7-11,13H,6,12H2,1-5H3,(H,19,21)/b14-13+. The molecule has 4 heteroatoms. The highest BCUT2D eigenvalue weighted by Crippen LogP contribution is 2.21. The van der Waals surface area contributed by atoms with Crippen molar-refractivity contribution in [3.05, 3.63) is 42.1 Å². The third-order valence-corrected chi connectivity index (χ3v) is 3.23. The van der Waals surface area contributed by atoms with Gasteiger partial charge in [0, 0.05) is 18.3 Å². The van der Waals surface area contributed by atoms with E-state index in [0.29, 0.717) is 6.54 Å². The van der Waals surface area contributed by atoms with Crippen LogP contribution < -0.4 is 5.32 Å². The van der Waals surface area contributed by atoms with Gasteiger partial charge in [-0.1, -0.05) is 30.3 Å². The second-order valence-electron chi connectivity index (χ2n) is 6.24. The lowest BCUT2D eigenvalue weighted by Crippen LogP contribution is -2.43. The largest absolute Gasteiger partial charge is 0.356 e. The Labute approximate surface area is 133 Å². The summed E-state index contributed by atoms with van der Waals surface area (Å²) in [5.74, 6) is -0.443. The highest BCUT2D eigenvalue weighted by Gasteiger charge is 2.26. The third-order valence-electron chi connectivity index (χ3n) is 3.23. The molecule has 1 rings (SSSR count). The SMILES string of the molecule is CCNC(=O)CC(=O)N(/C=C(\C)c1ccccc1)C(C)(C)C. The number of carbonyl (C=O) groups is 2. The molecule has 0 unspecified atom stereocenters. The summed E-state index contributed by atoms with van der Waals surface area (Å²) in [4.78, 5) is 25.8. The summed E-state index contributed by atoms with van der Waals surface area (Å²) in [5.41, 5.74) is 1.65. The van der Waals surface area contributed by atoms with Crippen molar-refractivity contribution in [2.45, 2.75) is 46.6 Å². The normalized spacial score (nSPS) is 12.0. The molecule has 0 aliphatic heterocycles. The lowest BCUT2D eigenvalue weighted by molar-refractivity contribution is -0.136. The fraction of sp³-hybridized carbons (Fsp3) is 0.444. The average molecular weight is 302 g/mol. The minimum atomic E-state index is -0.389. The van der Waals surface area contributed by atoms with Gasteiger partial charge in [0.1, 0.15) is 6.42 Å². The van der Waals surface area contributed by atoms with E-state index in [4.69, 9.17) is 0 Å². The van der Waals surface area contributed by atoms with E-state index in [1.807, 2.05) is 71.2 Å². The van der Waals surface area contributed by atoms with E-state index in [9.17, 15) is 9.59 Å². The second-order valence-corrected chi connectivity index (χ2v) is 6.24. The highest BCUT2D eigenvalue weighted by molar-refractivity contribution is 5.97. The number of carbonyl (C=O) groups excluding carboxylic acids is 2. The number of amides is 2. The Morgan fingerprint density at radius 2 is 1.77 bits per heavy atom. The molecule has 1 N–H and O–H groups in total. The average Bonchev–Trinajstić information content (AvgIpc) is 2.44. The van der Waals surface area contributed by atoms with Crippen molar-refractivity contribution in [2.24, 2.45) is 0 Å². The first-order valence-electron chi connectivity index (χ1n) is 7.58. The summed E-state index contributed by atoms with van der Waals surface area (Å²) < 4.78 is 0. The minimum Gasteiger partial charge on any atom is -0.356 e. The number of hydrogen-bond donors (Lipinski definition) is 1. The predicted octanol–water partition coefficient (Wildman–Crippen LogP) is 3.20. The van der Waals surface area contributed by atoms with Gasteiger partial charge in [-0.15, -0.1) is 0 Å². The fourth-order valence-electron chi connectivity index (χ4n) is 2.09. The van der Waals surface area contributed by atoms with Crippen LogP contribution in [0.1, 0.15) is 46.6 Å². The Bertz CT molecular complexity index is 542. The predicted molar refractivity (Wildman–Crippen MR) is 90.0 cm³/mol. The molecule has 2 amide bonds. The molecule has 0 bridgehead atoms. The highest BCUT2D eigenvalue weighted by atomic mass is 16.2. The lowest BCUT2D eigenvalue weighted by atomic mass is 10.0. The van der Waals surface area contributed by atoms with Crippen LogP contribution in [0.5, 0.6) is 0 Å². The van der Waals surface area contributed by atoms with Gasteiger partial charge < -0.3 is 10.2 Å². The van der Waals surface area contributed by atoms with Crippen LogP contribution in [-0.4, -0.2) is 28.8 Å². The molecule has 0 heterocycles. The molecule has 0 aliphatic rings. The van der Waals surface area contributed by atoms with Crippen molar-refractivity contribution < 1.29 is 9.59 Å². The van der Waals surface area contributed by atoms with Crippen LogP contribution in [0.4, 0.5) is 0 Å². The zero-order chi connectivity index (χ0) is 16.8. The van der Waals surface area contributed by atoms with E-state index in [-0.39, 0.29) is 23.8 Å². The molecule has 0 aliphatic carbocycles. The zero-order valence-corrected chi connectivity index (χ0v) is 14.1. The molecule has 0 saturated heterocycles. The van der Waals surface area contributed by atoms with Gasteiger partial charge in [-0.3, -0.25) is 9.59 Å². The zero-order valence-electron chi connectivity index (χ0n) is 14.1. The smallest absolute Gasteiger partial charge is 0.236 e. The number of rotatable bonds is 5. The van der Waals surface area contributed by atoms with Crippen LogP contribution in [0.3, 0.4) is 0 Å². The van der Waals surface area contributed by atoms with E-state index in [2.05, 4.69) is 5.32 Å². The van der Waals surface area contributed by atoms with E-state index in [0.717, 1.165) is 11.1 Å². The van der Waals surface area contributed by atoms with E-state index in [1.165, 1.54) is 0 Å². The van der Waals surface area contributed by atoms with Gasteiger partial charge in [0.15, 0.2) is 0 Å². The van der Waals surface area contributed by atoms with Crippen molar-refractivity contribution in [3.63, 3.8) is 0 Å². The third kappa shape index (κ3) is 5.35. The summed E-state index contributed by atoms with van der Waals surface area (Å²) in [6, 6.07) is 9.88. The van der Waals surface area contributed by atoms with Gasteiger partial charge in [-0.05, 0) is 45.8 Å². The van der Waals surface area contributed by atoms with Gasteiger partial charge in [-0.25, -0.2) is 0 Å². The van der Waals surface area contributed by atoms with Crippen LogP contribution in [0.15, 0.2) is 36.5 Å². The second kappa shape index (κ2) is 7.78. The van der Waals surface area contributed by atoms with Gasteiger partial charge in [0.2, 0.25) is 11.8 Å². The monoisotopic (exact) mass is 302 g/mol. The molecule has 1 aromatic rings. The summed E-state index contributed by atoms with van der Waals surface area (Å²) in [6.45, 7) is 10.2. The van der Waals surface area contributed by atoms with E-state index < -0.39 is 0 Å². The maximum Gasteiger partial charge on any atom is 0.236 e. The number of nitrogens with zero attached hydrogens (tertiary/aromatic N) is 1. The van der Waals surface area contributed by atoms with E-state index >= 15 is 0 Å². The Morgan fingerprint density at radius 1 is 1.18 bits per heavy atom. The van der Waals surface area contributed by atoms with Crippen molar-refractivity contribution in [2.75, 3.05) is 6.54 Å². The van der Waals surface area contributed by atoms with E-state index in [1.54, 1.807) is 4.90 Å². The Hall–Kier alpha value is -2.10. The molecule has 4 nitrogen and oxygen atoms in total. The number of hydrogen-bond acceptors (Lipinski definition) is 2. The molecule has 0 saturated carbocycles. The molecule has 0 spiro atoms. The first-order chi connectivity index (χ1) is 10.3. The molecule has 0 radical (unpaired) electrons. The van der Waals surface area contributed by atoms with Crippen molar-refractivity contribution >= 4 is 17.4 Å². The van der Waals surface area contributed by atoms with Gasteiger partial charge >= 0.3 is 0 Å². The molecular formula is C18H26N2O2. The molecule has 0 fully saturated rings. The Kier molecular flexibility index (Phi) is 6.35. The number of benzene rings is 1. The maximum atomic E-state index is 12.5. The topological polar surface area (TPSA) is 49.4 Å². The molecule has 0 aromatic heterocycles. The lowest BCUT2D eigenvalue weighted by Gasteiger charge is -2.33. The van der Waals surface area contributed by atoms with Crippen molar-refractivity contribution in [3.8, 4) is 0 Å². The Balaban J connectivity index is 2.99. The first kappa shape index (κ1) is 18.0. The number of nitrogens with one attached hydrogen (secondary N) is 1. The maximum absolute atomic E-state index is 12.5. The molecule has 22 heavy (non-hydrogen) atoms. The summed E-state index contributed by atoms with van der Waals surface area (Å²) in [6.07, 6.45) is 1.70. The van der Waals surface area contributed by atoms with Crippen LogP contribution in [-0.2, 0) is 9.59 Å². The van der Waals surface area contributed by atoms with Crippen molar-refractivity contribution in [1.29, 1.82) is 0 Å². The Morgan fingerprint density at radius 3 is 2.27 bits per heavy atom. The van der Waals surface area contributed by atoms with Crippen LogP contribution in [0.2, 0.25) is 0 Å². The minimum absolute atomic E-state index is 0.135. The quantitative estimate of drug-likeness (QED) is 0.849. The van der Waals surface area contributed by atoms with Crippen LogP contribution in [0, 0.1) is 0 Å². The van der Waals surface area contributed by atoms with Gasteiger partial charge in [0.05, 0.1) is 0 Å². The van der Waals surface area contributed by atoms with Crippen molar-refractivity contribution in [1.82, 2.24) is 10.2 Å². The van der Waals surface area contributed by atoms with Crippen LogP contribution >= 0.6 is 0 Å².